The molecule has 1 aromatic heterocycles. The third kappa shape index (κ3) is 2.93. The third-order valence-corrected chi connectivity index (χ3v) is 3.55. The van der Waals surface area contributed by atoms with E-state index in [1.54, 1.807) is 11.3 Å². The molecule has 84 valence electrons. The minimum atomic E-state index is -0.728. The van der Waals surface area contributed by atoms with Crippen molar-refractivity contribution >= 4 is 29.7 Å². The largest absolute Gasteiger partial charge is 0.480 e. The monoisotopic (exact) mass is 247 g/mol. The fraction of sp³-hybridized carbons (Fsp3) is 0.500. The van der Waals surface area contributed by atoms with Crippen LogP contribution in [0.25, 0.3) is 0 Å². The van der Waals surface area contributed by atoms with Crippen molar-refractivity contribution in [2.24, 2.45) is 0 Å². The molecule has 1 atom stereocenters. The summed E-state index contributed by atoms with van der Waals surface area (Å²) >= 11 is 1.72. The predicted octanol–water partition coefficient (Wildman–Crippen LogP) is 2.39. The van der Waals surface area contributed by atoms with Crippen molar-refractivity contribution in [3.8, 4) is 0 Å². The van der Waals surface area contributed by atoms with E-state index in [0.717, 1.165) is 19.4 Å². The molecule has 1 aromatic rings. The Hall–Kier alpha value is -0.580. The third-order valence-electron chi connectivity index (χ3n) is 2.57. The lowest BCUT2D eigenvalue weighted by molar-refractivity contribution is -0.138. The summed E-state index contributed by atoms with van der Waals surface area (Å²) in [5.41, 5.74) is 0. The van der Waals surface area contributed by atoms with Gasteiger partial charge in [-0.25, -0.2) is 0 Å². The zero-order chi connectivity index (χ0) is 9.97. The first-order chi connectivity index (χ1) is 6.77. The average molecular weight is 248 g/mol. The Labute approximate surface area is 99.1 Å². The van der Waals surface area contributed by atoms with Crippen molar-refractivity contribution in [1.29, 1.82) is 0 Å². The molecule has 0 bridgehead atoms. The topological polar surface area (TPSA) is 40.5 Å². The summed E-state index contributed by atoms with van der Waals surface area (Å²) in [5.74, 6) is -0.728. The highest BCUT2D eigenvalue weighted by Gasteiger charge is 2.27. The van der Waals surface area contributed by atoms with Gasteiger partial charge >= 0.3 is 5.97 Å². The fourth-order valence-electron chi connectivity index (χ4n) is 1.99. The standard InChI is InChI=1S/C10H13NO2S.ClH/c12-10(13)7-11-5-1-3-8(11)9-4-2-6-14-9;/h2,4,6,8H,1,3,5,7H2,(H,12,13);1H. The van der Waals surface area contributed by atoms with Gasteiger partial charge in [0.1, 0.15) is 0 Å². The molecule has 1 aliphatic rings. The fourth-order valence-corrected chi connectivity index (χ4v) is 2.89. The van der Waals surface area contributed by atoms with Gasteiger partial charge in [0.25, 0.3) is 0 Å². The number of aliphatic carboxylic acids is 1. The highest BCUT2D eigenvalue weighted by atomic mass is 35.5. The molecule has 15 heavy (non-hydrogen) atoms. The zero-order valence-corrected chi connectivity index (χ0v) is 9.89. The van der Waals surface area contributed by atoms with Gasteiger partial charge < -0.3 is 5.11 Å². The molecule has 1 N–H and O–H groups in total. The Balaban J connectivity index is 0.00000112. The number of thiophene rings is 1. The molecule has 2 heterocycles. The van der Waals surface area contributed by atoms with Crippen molar-refractivity contribution in [1.82, 2.24) is 4.90 Å². The van der Waals surface area contributed by atoms with E-state index in [1.165, 1.54) is 4.88 Å². The lowest BCUT2D eigenvalue weighted by atomic mass is 10.2. The number of hydrogen-bond acceptors (Lipinski definition) is 3. The van der Waals surface area contributed by atoms with Crippen LogP contribution in [0.5, 0.6) is 0 Å². The van der Waals surface area contributed by atoms with Gasteiger partial charge in [-0.3, -0.25) is 9.69 Å². The van der Waals surface area contributed by atoms with Gasteiger partial charge in [0.15, 0.2) is 0 Å². The van der Waals surface area contributed by atoms with E-state index in [1.807, 2.05) is 16.3 Å². The summed E-state index contributed by atoms with van der Waals surface area (Å²) in [7, 11) is 0. The van der Waals surface area contributed by atoms with Crippen LogP contribution in [0.1, 0.15) is 23.8 Å². The molecule has 0 aromatic carbocycles. The second-order valence-electron chi connectivity index (χ2n) is 3.54. The van der Waals surface area contributed by atoms with Gasteiger partial charge in [-0.2, -0.15) is 0 Å². The van der Waals surface area contributed by atoms with Crippen LogP contribution < -0.4 is 0 Å². The normalized spacial score (nSPS) is 21.2. The highest BCUT2D eigenvalue weighted by Crippen LogP contribution is 2.33. The minimum absolute atomic E-state index is 0. The molecule has 1 aliphatic heterocycles. The molecule has 0 saturated carbocycles. The second kappa shape index (κ2) is 5.49. The molecule has 0 amide bonds. The van der Waals surface area contributed by atoms with E-state index in [2.05, 4.69) is 6.07 Å². The van der Waals surface area contributed by atoms with Crippen molar-refractivity contribution in [3.63, 3.8) is 0 Å². The summed E-state index contributed by atoms with van der Waals surface area (Å²) < 4.78 is 0. The molecular formula is C10H14ClNO2S. The quantitative estimate of drug-likeness (QED) is 0.892. The lowest BCUT2D eigenvalue weighted by Crippen LogP contribution is -2.28. The van der Waals surface area contributed by atoms with E-state index in [0.29, 0.717) is 6.04 Å². The first kappa shape index (κ1) is 12.5. The minimum Gasteiger partial charge on any atom is -0.480 e. The highest BCUT2D eigenvalue weighted by molar-refractivity contribution is 7.10. The molecular weight excluding hydrogens is 234 g/mol. The van der Waals surface area contributed by atoms with Crippen LogP contribution in [0.3, 0.4) is 0 Å². The van der Waals surface area contributed by atoms with Crippen molar-refractivity contribution in [2.45, 2.75) is 18.9 Å². The Morgan fingerprint density at radius 3 is 3.07 bits per heavy atom. The first-order valence-electron chi connectivity index (χ1n) is 4.76. The molecule has 5 heteroatoms. The SMILES string of the molecule is Cl.O=C(O)CN1CCCC1c1cccs1. The molecule has 1 saturated heterocycles. The number of carboxylic acid groups (broad SMARTS) is 1. The van der Waals surface area contributed by atoms with Crippen LogP contribution in [0.4, 0.5) is 0 Å². The second-order valence-corrected chi connectivity index (χ2v) is 4.52. The number of hydrogen-bond donors (Lipinski definition) is 1. The van der Waals surface area contributed by atoms with Gasteiger partial charge in [-0.15, -0.1) is 23.7 Å². The molecule has 3 nitrogen and oxygen atoms in total. The smallest absolute Gasteiger partial charge is 0.317 e. The van der Waals surface area contributed by atoms with E-state index in [4.69, 9.17) is 5.11 Å². The molecule has 1 unspecified atom stereocenters. The Bertz CT molecular complexity index is 315. The van der Waals surface area contributed by atoms with Gasteiger partial charge in [-0.1, -0.05) is 6.07 Å². The van der Waals surface area contributed by atoms with Crippen LogP contribution in [-0.2, 0) is 4.79 Å². The summed E-state index contributed by atoms with van der Waals surface area (Å²) in [4.78, 5) is 14.0. The number of carboxylic acids is 1. The molecule has 1 fully saturated rings. The lowest BCUT2D eigenvalue weighted by Gasteiger charge is -2.21. The van der Waals surface area contributed by atoms with Crippen LogP contribution in [0.15, 0.2) is 17.5 Å². The summed E-state index contributed by atoms with van der Waals surface area (Å²) in [5, 5.41) is 10.8. The molecule has 0 aliphatic carbocycles. The Morgan fingerprint density at radius 2 is 2.47 bits per heavy atom. The Morgan fingerprint density at radius 1 is 1.67 bits per heavy atom. The van der Waals surface area contributed by atoms with Gasteiger partial charge in [0.05, 0.1) is 6.54 Å². The molecule has 0 radical (unpaired) electrons. The Kier molecular flexibility index (Phi) is 4.57. The first-order valence-corrected chi connectivity index (χ1v) is 5.64. The van der Waals surface area contributed by atoms with E-state index in [9.17, 15) is 4.79 Å². The van der Waals surface area contributed by atoms with Crippen LogP contribution in [0.2, 0.25) is 0 Å². The average Bonchev–Trinajstić information content (AvgIpc) is 2.70. The van der Waals surface area contributed by atoms with Crippen molar-refractivity contribution in [3.05, 3.63) is 22.4 Å². The van der Waals surface area contributed by atoms with Gasteiger partial charge in [0.2, 0.25) is 0 Å². The van der Waals surface area contributed by atoms with E-state index in [-0.39, 0.29) is 19.0 Å². The van der Waals surface area contributed by atoms with Crippen LogP contribution in [0, 0.1) is 0 Å². The number of nitrogens with zero attached hydrogens (tertiary/aromatic N) is 1. The van der Waals surface area contributed by atoms with Crippen LogP contribution >= 0.6 is 23.7 Å². The van der Waals surface area contributed by atoms with E-state index >= 15 is 0 Å². The maximum atomic E-state index is 10.6. The number of halogens is 1. The summed E-state index contributed by atoms with van der Waals surface area (Å²) in [6.45, 7) is 1.08. The number of carbonyl (C=O) groups is 1. The van der Waals surface area contributed by atoms with Crippen LogP contribution in [-0.4, -0.2) is 29.1 Å². The zero-order valence-electron chi connectivity index (χ0n) is 8.26. The predicted molar refractivity (Wildman–Crippen MR) is 62.8 cm³/mol. The van der Waals surface area contributed by atoms with Gasteiger partial charge in [-0.05, 0) is 30.8 Å². The summed E-state index contributed by atoms with van der Waals surface area (Å²) in [6, 6.07) is 4.46. The maximum absolute atomic E-state index is 10.6. The summed E-state index contributed by atoms with van der Waals surface area (Å²) in [6.07, 6.45) is 2.20. The van der Waals surface area contributed by atoms with E-state index < -0.39 is 5.97 Å². The van der Waals surface area contributed by atoms with Crippen molar-refractivity contribution < 1.29 is 9.90 Å². The maximum Gasteiger partial charge on any atom is 0.317 e. The molecule has 0 spiro atoms. The number of rotatable bonds is 3. The number of likely N-dealkylation sites (tertiary alicyclic amines) is 1. The van der Waals surface area contributed by atoms with Crippen molar-refractivity contribution in [2.75, 3.05) is 13.1 Å². The molecule has 2 rings (SSSR count). The van der Waals surface area contributed by atoms with Gasteiger partial charge in [0, 0.05) is 10.9 Å².